The molecule has 0 unspecified atom stereocenters. The summed E-state index contributed by atoms with van der Waals surface area (Å²) >= 11 is 2.11. The molecule has 6 nitrogen and oxygen atoms in total. The predicted octanol–water partition coefficient (Wildman–Crippen LogP) is 4.90. The quantitative estimate of drug-likeness (QED) is 0.467. The van der Waals surface area contributed by atoms with Gasteiger partial charge >= 0.3 is 5.97 Å². The van der Waals surface area contributed by atoms with Crippen LogP contribution in [0.2, 0.25) is 0 Å². The van der Waals surface area contributed by atoms with E-state index >= 15 is 0 Å². The van der Waals surface area contributed by atoms with Crippen LogP contribution in [-0.2, 0) is 17.8 Å². The topological polar surface area (TPSA) is 82.9 Å². The first-order valence-electron chi connectivity index (χ1n) is 12.7. The SMILES string of the molecule is COc1ccc2ncc(CO)c(CCCC3(C(=O)O)CCN(CCSC4CCCC4)CC3)c2c1. The number of rotatable bonds is 11. The van der Waals surface area contributed by atoms with Gasteiger partial charge < -0.3 is 19.8 Å². The van der Waals surface area contributed by atoms with Crippen LogP contribution in [0.4, 0.5) is 0 Å². The highest BCUT2D eigenvalue weighted by Gasteiger charge is 2.40. The third kappa shape index (κ3) is 5.86. The van der Waals surface area contributed by atoms with E-state index in [4.69, 9.17) is 4.74 Å². The lowest BCUT2D eigenvalue weighted by atomic mass is 9.74. The summed E-state index contributed by atoms with van der Waals surface area (Å²) in [5.41, 5.74) is 2.08. The van der Waals surface area contributed by atoms with Gasteiger partial charge in [0.15, 0.2) is 0 Å². The van der Waals surface area contributed by atoms with Crippen LogP contribution in [0.1, 0.15) is 62.5 Å². The van der Waals surface area contributed by atoms with Crippen LogP contribution in [-0.4, -0.2) is 63.8 Å². The monoisotopic (exact) mass is 486 g/mol. The Labute approximate surface area is 207 Å². The minimum absolute atomic E-state index is 0.0760. The lowest BCUT2D eigenvalue weighted by Gasteiger charge is -2.39. The van der Waals surface area contributed by atoms with Gasteiger partial charge in [-0.15, -0.1) is 0 Å². The molecule has 2 heterocycles. The number of hydrogen-bond acceptors (Lipinski definition) is 6. The number of aliphatic hydroxyl groups excluding tert-OH is 1. The van der Waals surface area contributed by atoms with Crippen molar-refractivity contribution in [2.75, 3.05) is 32.5 Å². The second-order valence-corrected chi connectivity index (χ2v) is 11.3. The number of fused-ring (bicyclic) bond motifs is 1. The van der Waals surface area contributed by atoms with Gasteiger partial charge in [-0.1, -0.05) is 12.8 Å². The van der Waals surface area contributed by atoms with E-state index in [1.165, 1.54) is 25.7 Å². The molecule has 4 rings (SSSR count). The number of piperidine rings is 1. The molecule has 186 valence electrons. The third-order valence-electron chi connectivity index (χ3n) is 7.86. The molecule has 1 aromatic carbocycles. The summed E-state index contributed by atoms with van der Waals surface area (Å²) in [5, 5.41) is 21.9. The zero-order valence-electron chi connectivity index (χ0n) is 20.3. The van der Waals surface area contributed by atoms with E-state index in [-0.39, 0.29) is 6.61 Å². The van der Waals surface area contributed by atoms with E-state index in [2.05, 4.69) is 21.6 Å². The number of aryl methyl sites for hydroxylation is 1. The summed E-state index contributed by atoms with van der Waals surface area (Å²) in [5.74, 6) is 1.26. The average molecular weight is 487 g/mol. The minimum Gasteiger partial charge on any atom is -0.497 e. The number of aliphatic hydroxyl groups is 1. The van der Waals surface area contributed by atoms with Gasteiger partial charge in [-0.2, -0.15) is 11.8 Å². The van der Waals surface area contributed by atoms with Crippen LogP contribution in [0.3, 0.4) is 0 Å². The number of hydrogen-bond donors (Lipinski definition) is 2. The van der Waals surface area contributed by atoms with E-state index in [1.807, 2.05) is 18.2 Å². The Morgan fingerprint density at radius 3 is 2.71 bits per heavy atom. The maximum absolute atomic E-state index is 12.3. The zero-order valence-corrected chi connectivity index (χ0v) is 21.1. The van der Waals surface area contributed by atoms with E-state index in [0.29, 0.717) is 19.3 Å². The molecule has 2 fully saturated rings. The molecule has 0 radical (unpaired) electrons. The van der Waals surface area contributed by atoms with Crippen molar-refractivity contribution in [3.05, 3.63) is 35.5 Å². The Morgan fingerprint density at radius 1 is 1.26 bits per heavy atom. The summed E-state index contributed by atoms with van der Waals surface area (Å²) in [6.07, 6.45) is 10.8. The van der Waals surface area contributed by atoms with Crippen LogP contribution in [0.25, 0.3) is 10.9 Å². The molecule has 1 aliphatic heterocycles. The number of thioether (sulfide) groups is 1. The van der Waals surface area contributed by atoms with Gasteiger partial charge in [0.25, 0.3) is 0 Å². The molecule has 34 heavy (non-hydrogen) atoms. The molecule has 0 atom stereocenters. The molecule has 2 aromatic rings. The van der Waals surface area contributed by atoms with Crippen molar-refractivity contribution in [2.24, 2.45) is 5.41 Å². The van der Waals surface area contributed by atoms with Gasteiger partial charge in [0, 0.05) is 29.1 Å². The molecule has 1 aliphatic carbocycles. The summed E-state index contributed by atoms with van der Waals surface area (Å²) in [7, 11) is 1.64. The fourth-order valence-corrected chi connectivity index (χ4v) is 6.97. The van der Waals surface area contributed by atoms with Crippen LogP contribution in [0, 0.1) is 5.41 Å². The van der Waals surface area contributed by atoms with Gasteiger partial charge in [-0.05, 0) is 87.4 Å². The number of ether oxygens (including phenoxy) is 1. The zero-order chi connectivity index (χ0) is 24.0. The van der Waals surface area contributed by atoms with E-state index < -0.39 is 11.4 Å². The van der Waals surface area contributed by atoms with Gasteiger partial charge in [0.2, 0.25) is 0 Å². The molecule has 1 aromatic heterocycles. The number of aliphatic carboxylic acids is 1. The maximum atomic E-state index is 12.3. The number of nitrogens with zero attached hydrogens (tertiary/aromatic N) is 2. The molecule has 2 N–H and O–H groups in total. The molecule has 1 saturated heterocycles. The summed E-state index contributed by atoms with van der Waals surface area (Å²) in [4.78, 5) is 19.3. The highest BCUT2D eigenvalue weighted by atomic mass is 32.2. The summed E-state index contributed by atoms with van der Waals surface area (Å²) in [6.45, 7) is 2.73. The Hall–Kier alpha value is -1.83. The number of likely N-dealkylation sites (tertiary alicyclic amines) is 1. The Bertz CT molecular complexity index is 963. The standard InChI is InChI=1S/C27H38N2O4S/c1-33-21-8-9-25-24(17-21)23(20(19-30)18-28-25)7-4-10-27(26(31)32)11-13-29(14-12-27)15-16-34-22-5-2-3-6-22/h8-9,17-18,22,30H,2-7,10-16,19H2,1H3,(H,31,32). The van der Waals surface area contributed by atoms with Crippen LogP contribution in [0.5, 0.6) is 5.75 Å². The lowest BCUT2D eigenvalue weighted by molar-refractivity contribution is -0.152. The average Bonchev–Trinajstić information content (AvgIpc) is 3.38. The first kappa shape index (κ1) is 25.3. The van der Waals surface area contributed by atoms with Crippen LogP contribution < -0.4 is 4.74 Å². The van der Waals surface area contributed by atoms with E-state index in [9.17, 15) is 15.0 Å². The van der Waals surface area contributed by atoms with Crippen molar-refractivity contribution in [1.29, 1.82) is 0 Å². The fraction of sp³-hybridized carbons (Fsp3) is 0.630. The Balaban J connectivity index is 1.35. The first-order chi connectivity index (χ1) is 16.5. The number of pyridine rings is 1. The molecule has 0 spiro atoms. The third-order valence-corrected chi connectivity index (χ3v) is 9.22. The number of benzene rings is 1. The molecular formula is C27H38N2O4S. The molecule has 2 aliphatic rings. The summed E-state index contributed by atoms with van der Waals surface area (Å²) in [6, 6.07) is 5.78. The predicted molar refractivity (Wildman–Crippen MR) is 138 cm³/mol. The van der Waals surface area contributed by atoms with Crippen molar-refractivity contribution in [1.82, 2.24) is 9.88 Å². The second kappa shape index (κ2) is 11.7. The van der Waals surface area contributed by atoms with Crippen LogP contribution >= 0.6 is 11.8 Å². The van der Waals surface area contributed by atoms with Gasteiger partial charge in [0.1, 0.15) is 5.75 Å². The largest absolute Gasteiger partial charge is 0.497 e. The van der Waals surface area contributed by atoms with Gasteiger partial charge in [-0.3, -0.25) is 9.78 Å². The number of carboxylic acids is 1. The molecule has 1 saturated carbocycles. The van der Waals surface area contributed by atoms with Gasteiger partial charge in [0.05, 0.1) is 24.6 Å². The first-order valence-corrected chi connectivity index (χ1v) is 13.7. The van der Waals surface area contributed by atoms with Crippen LogP contribution in [0.15, 0.2) is 24.4 Å². The number of methoxy groups -OCH3 is 1. The molecule has 0 amide bonds. The van der Waals surface area contributed by atoms with Crippen molar-refractivity contribution < 1.29 is 19.7 Å². The van der Waals surface area contributed by atoms with Crippen molar-refractivity contribution in [3.8, 4) is 5.75 Å². The highest BCUT2D eigenvalue weighted by molar-refractivity contribution is 7.99. The summed E-state index contributed by atoms with van der Waals surface area (Å²) < 4.78 is 5.39. The smallest absolute Gasteiger partial charge is 0.309 e. The van der Waals surface area contributed by atoms with Crippen molar-refractivity contribution in [2.45, 2.75) is 69.6 Å². The van der Waals surface area contributed by atoms with E-state index in [0.717, 1.165) is 71.3 Å². The van der Waals surface area contributed by atoms with Crippen molar-refractivity contribution >= 4 is 28.6 Å². The van der Waals surface area contributed by atoms with E-state index in [1.54, 1.807) is 13.3 Å². The van der Waals surface area contributed by atoms with Gasteiger partial charge in [-0.25, -0.2) is 0 Å². The normalized spacial score (nSPS) is 19.0. The van der Waals surface area contributed by atoms with Crippen molar-refractivity contribution in [3.63, 3.8) is 0 Å². The number of carbonyl (C=O) groups is 1. The second-order valence-electron chi connectivity index (χ2n) is 9.86. The fourth-order valence-electron chi connectivity index (χ4n) is 5.61. The Morgan fingerprint density at radius 2 is 2.03 bits per heavy atom. The molecule has 0 bridgehead atoms. The molecular weight excluding hydrogens is 448 g/mol. The number of aromatic nitrogens is 1. The highest BCUT2D eigenvalue weighted by Crippen LogP contribution is 2.38. The number of carboxylic acid groups (broad SMARTS) is 1. The lowest BCUT2D eigenvalue weighted by Crippen LogP contribution is -2.45. The Kier molecular flexibility index (Phi) is 8.72. The maximum Gasteiger partial charge on any atom is 0.309 e. The molecule has 7 heteroatoms. The minimum atomic E-state index is -0.656.